The molecule has 0 aliphatic carbocycles. The second-order valence-electron chi connectivity index (χ2n) is 5.33. The Balaban J connectivity index is 1.96. The Hall–Kier alpha value is -2.20. The number of ether oxygens (including phenoxy) is 2. The predicted molar refractivity (Wildman–Crippen MR) is 78.9 cm³/mol. The predicted octanol–water partition coefficient (Wildman–Crippen LogP) is 2.75. The number of rotatable bonds is 2. The number of aliphatic hydroxyl groups is 1. The maximum Gasteiger partial charge on any atom is 0.150 e. The number of phenols is 1. The summed E-state index contributed by atoms with van der Waals surface area (Å²) in [6, 6.07) is 10.7. The zero-order valence-electron chi connectivity index (χ0n) is 12.0. The molecule has 1 aliphatic heterocycles. The van der Waals surface area contributed by atoms with Crippen LogP contribution in [0.25, 0.3) is 0 Å². The van der Waals surface area contributed by atoms with Crippen LogP contribution in [-0.2, 0) is 6.42 Å². The fraction of sp³-hybridized carbons (Fsp3) is 0.294. The molecule has 21 heavy (non-hydrogen) atoms. The molecule has 4 nitrogen and oxygen atoms in total. The molecule has 0 spiro atoms. The molecule has 2 aromatic rings. The van der Waals surface area contributed by atoms with Crippen LogP contribution in [0.5, 0.6) is 17.2 Å². The zero-order chi connectivity index (χ0) is 15.0. The Bertz CT molecular complexity index is 666. The molecule has 0 saturated heterocycles. The minimum absolute atomic E-state index is 0.158. The second kappa shape index (κ2) is 5.30. The third-order valence-corrected chi connectivity index (χ3v) is 3.84. The lowest BCUT2D eigenvalue weighted by Crippen LogP contribution is -2.30. The first-order valence-electron chi connectivity index (χ1n) is 6.89. The van der Waals surface area contributed by atoms with Gasteiger partial charge in [-0.05, 0) is 35.7 Å². The van der Waals surface area contributed by atoms with Gasteiger partial charge in [-0.2, -0.15) is 0 Å². The fourth-order valence-corrected chi connectivity index (χ4v) is 2.67. The third-order valence-electron chi connectivity index (χ3n) is 3.84. The molecule has 3 rings (SSSR count). The SMILES string of the molecule is COc1cc([C@H]2Oc3cc(O)ccc3C[C@H]2O)ccc1C. The summed E-state index contributed by atoms with van der Waals surface area (Å²) in [6.45, 7) is 1.97. The highest BCUT2D eigenvalue weighted by atomic mass is 16.5. The minimum atomic E-state index is -0.630. The van der Waals surface area contributed by atoms with Crippen molar-refractivity contribution in [2.24, 2.45) is 0 Å². The molecule has 1 heterocycles. The van der Waals surface area contributed by atoms with Gasteiger partial charge in [-0.3, -0.25) is 0 Å². The van der Waals surface area contributed by atoms with Crippen LogP contribution in [0.1, 0.15) is 22.8 Å². The minimum Gasteiger partial charge on any atom is -0.508 e. The van der Waals surface area contributed by atoms with E-state index in [0.717, 1.165) is 22.4 Å². The normalized spacial score (nSPS) is 20.5. The molecular weight excluding hydrogens is 268 g/mol. The van der Waals surface area contributed by atoms with Gasteiger partial charge in [0.25, 0.3) is 0 Å². The lowest BCUT2D eigenvalue weighted by Gasteiger charge is -2.31. The first-order chi connectivity index (χ1) is 10.1. The van der Waals surface area contributed by atoms with Gasteiger partial charge in [0.1, 0.15) is 23.4 Å². The zero-order valence-corrected chi connectivity index (χ0v) is 12.0. The van der Waals surface area contributed by atoms with Gasteiger partial charge < -0.3 is 19.7 Å². The van der Waals surface area contributed by atoms with E-state index in [9.17, 15) is 10.2 Å². The Morgan fingerprint density at radius 1 is 1.19 bits per heavy atom. The Morgan fingerprint density at radius 3 is 2.76 bits per heavy atom. The average Bonchev–Trinajstić information content (AvgIpc) is 2.48. The summed E-state index contributed by atoms with van der Waals surface area (Å²) in [6.07, 6.45) is -0.598. The van der Waals surface area contributed by atoms with Crippen molar-refractivity contribution in [3.8, 4) is 17.2 Å². The summed E-state index contributed by atoms with van der Waals surface area (Å²) >= 11 is 0. The number of hydrogen-bond donors (Lipinski definition) is 2. The Morgan fingerprint density at radius 2 is 2.00 bits per heavy atom. The number of aromatic hydroxyl groups is 1. The van der Waals surface area contributed by atoms with Crippen molar-refractivity contribution >= 4 is 0 Å². The highest BCUT2D eigenvalue weighted by Gasteiger charge is 2.30. The van der Waals surface area contributed by atoms with Crippen LogP contribution in [0, 0.1) is 6.92 Å². The van der Waals surface area contributed by atoms with Crippen LogP contribution in [0.15, 0.2) is 36.4 Å². The van der Waals surface area contributed by atoms with E-state index in [1.807, 2.05) is 25.1 Å². The summed E-state index contributed by atoms with van der Waals surface area (Å²) in [4.78, 5) is 0. The lowest BCUT2D eigenvalue weighted by molar-refractivity contribution is 0.0205. The van der Waals surface area contributed by atoms with Crippen molar-refractivity contribution in [2.45, 2.75) is 25.6 Å². The van der Waals surface area contributed by atoms with Crippen LogP contribution in [0.2, 0.25) is 0 Å². The molecule has 110 valence electrons. The van der Waals surface area contributed by atoms with Gasteiger partial charge in [-0.25, -0.2) is 0 Å². The molecule has 2 atom stereocenters. The number of benzene rings is 2. The van der Waals surface area contributed by atoms with Gasteiger partial charge in [0.2, 0.25) is 0 Å². The van der Waals surface area contributed by atoms with Crippen LogP contribution >= 0.6 is 0 Å². The highest BCUT2D eigenvalue weighted by molar-refractivity contribution is 5.44. The number of aryl methyl sites for hydroxylation is 1. The Labute approximate surface area is 123 Å². The first kappa shape index (κ1) is 13.8. The van der Waals surface area contributed by atoms with E-state index >= 15 is 0 Å². The standard InChI is InChI=1S/C17H18O4/c1-10-3-4-12(8-15(10)20-2)17-14(19)7-11-5-6-13(18)9-16(11)21-17/h3-6,8-9,14,17-19H,7H2,1-2H3/t14-,17-/m1/s1. The number of fused-ring (bicyclic) bond motifs is 1. The quantitative estimate of drug-likeness (QED) is 0.891. The van der Waals surface area contributed by atoms with Gasteiger partial charge in [0.05, 0.1) is 13.2 Å². The van der Waals surface area contributed by atoms with Crippen LogP contribution < -0.4 is 9.47 Å². The fourth-order valence-electron chi connectivity index (χ4n) is 2.67. The van der Waals surface area contributed by atoms with Crippen molar-refractivity contribution in [3.63, 3.8) is 0 Å². The van der Waals surface area contributed by atoms with Crippen molar-refractivity contribution in [3.05, 3.63) is 53.1 Å². The van der Waals surface area contributed by atoms with Crippen LogP contribution in [0.3, 0.4) is 0 Å². The molecule has 1 aliphatic rings. The summed E-state index contributed by atoms with van der Waals surface area (Å²) < 4.78 is 11.2. The number of phenolic OH excluding ortho intramolecular Hbond substituents is 1. The van der Waals surface area contributed by atoms with Crippen molar-refractivity contribution in [1.82, 2.24) is 0 Å². The number of hydrogen-bond acceptors (Lipinski definition) is 4. The van der Waals surface area contributed by atoms with Crippen molar-refractivity contribution < 1.29 is 19.7 Å². The largest absolute Gasteiger partial charge is 0.508 e. The van der Waals surface area contributed by atoms with Gasteiger partial charge in [0, 0.05) is 12.5 Å². The molecule has 2 aromatic carbocycles. The molecule has 0 bridgehead atoms. The summed E-state index contributed by atoms with van der Waals surface area (Å²) in [5.74, 6) is 1.54. The van der Waals surface area contributed by atoms with E-state index in [1.54, 1.807) is 25.3 Å². The molecule has 0 amide bonds. The lowest BCUT2D eigenvalue weighted by atomic mass is 9.94. The number of methoxy groups -OCH3 is 1. The van der Waals surface area contributed by atoms with Gasteiger partial charge in [-0.15, -0.1) is 0 Å². The molecule has 0 saturated carbocycles. The van der Waals surface area contributed by atoms with E-state index in [4.69, 9.17) is 9.47 Å². The van der Waals surface area contributed by atoms with E-state index < -0.39 is 12.2 Å². The first-order valence-corrected chi connectivity index (χ1v) is 6.89. The topological polar surface area (TPSA) is 58.9 Å². The molecule has 0 aromatic heterocycles. The van der Waals surface area contributed by atoms with Crippen LogP contribution in [-0.4, -0.2) is 23.4 Å². The van der Waals surface area contributed by atoms with E-state index in [1.165, 1.54) is 0 Å². The molecule has 0 radical (unpaired) electrons. The molecular formula is C17H18O4. The highest BCUT2D eigenvalue weighted by Crippen LogP contribution is 2.38. The van der Waals surface area contributed by atoms with E-state index in [2.05, 4.69) is 0 Å². The molecule has 4 heteroatoms. The monoisotopic (exact) mass is 286 g/mol. The molecule has 2 N–H and O–H groups in total. The van der Waals surface area contributed by atoms with E-state index in [0.29, 0.717) is 12.2 Å². The van der Waals surface area contributed by atoms with Crippen molar-refractivity contribution in [1.29, 1.82) is 0 Å². The average molecular weight is 286 g/mol. The van der Waals surface area contributed by atoms with Gasteiger partial charge in [0.15, 0.2) is 0 Å². The maximum atomic E-state index is 10.3. The van der Waals surface area contributed by atoms with E-state index in [-0.39, 0.29) is 5.75 Å². The third kappa shape index (κ3) is 2.54. The smallest absolute Gasteiger partial charge is 0.150 e. The summed E-state index contributed by atoms with van der Waals surface area (Å²) in [7, 11) is 1.62. The molecule has 0 unspecified atom stereocenters. The summed E-state index contributed by atoms with van der Waals surface area (Å²) in [5, 5.41) is 19.9. The van der Waals surface area contributed by atoms with Crippen molar-refractivity contribution in [2.75, 3.05) is 7.11 Å². The second-order valence-corrected chi connectivity index (χ2v) is 5.33. The maximum absolute atomic E-state index is 10.3. The summed E-state index contributed by atoms with van der Waals surface area (Å²) in [5.41, 5.74) is 2.79. The van der Waals surface area contributed by atoms with Gasteiger partial charge >= 0.3 is 0 Å². The number of aliphatic hydroxyl groups excluding tert-OH is 1. The van der Waals surface area contributed by atoms with Crippen LogP contribution in [0.4, 0.5) is 0 Å². The Kier molecular flexibility index (Phi) is 3.47. The van der Waals surface area contributed by atoms with Gasteiger partial charge in [-0.1, -0.05) is 18.2 Å². The molecule has 0 fully saturated rings.